The first-order valence-corrected chi connectivity index (χ1v) is 8.67. The van der Waals surface area contributed by atoms with Gasteiger partial charge in [-0.15, -0.1) is 0 Å². The minimum atomic E-state index is -0.867. The highest BCUT2D eigenvalue weighted by Crippen LogP contribution is 2.32. The van der Waals surface area contributed by atoms with Crippen molar-refractivity contribution >= 4 is 11.9 Å². The maximum absolute atomic E-state index is 11.7. The number of carboxylic acid groups (broad SMARTS) is 1. The average Bonchev–Trinajstić information content (AvgIpc) is 2.64. The van der Waals surface area contributed by atoms with Crippen LogP contribution >= 0.6 is 0 Å². The van der Waals surface area contributed by atoms with Crippen molar-refractivity contribution in [2.24, 2.45) is 0 Å². The number of amides is 1. The number of hydrogen-bond donors (Lipinski definition) is 2. The zero-order chi connectivity index (χ0) is 19.0. The summed E-state index contributed by atoms with van der Waals surface area (Å²) in [6, 6.07) is 18.0. The van der Waals surface area contributed by atoms with E-state index in [1.807, 2.05) is 42.5 Å². The van der Waals surface area contributed by atoms with Crippen LogP contribution in [0.15, 0.2) is 54.6 Å². The first kappa shape index (κ1) is 19.5. The van der Waals surface area contributed by atoms with Crippen molar-refractivity contribution in [2.75, 3.05) is 13.2 Å². The normalized spacial score (nSPS) is 11.0. The van der Waals surface area contributed by atoms with Crippen molar-refractivity contribution in [1.82, 2.24) is 5.32 Å². The summed E-state index contributed by atoms with van der Waals surface area (Å²) < 4.78 is 5.49. The second kappa shape index (κ2) is 9.04. The van der Waals surface area contributed by atoms with E-state index in [-0.39, 0.29) is 24.3 Å². The predicted molar refractivity (Wildman–Crippen MR) is 100 cm³/mol. The van der Waals surface area contributed by atoms with Crippen LogP contribution in [0.1, 0.15) is 37.8 Å². The highest BCUT2D eigenvalue weighted by molar-refractivity contribution is 5.77. The molecule has 2 aromatic rings. The summed E-state index contributed by atoms with van der Waals surface area (Å²) in [5.41, 5.74) is 2.27. The number of nitrogens with one attached hydrogen (secondary N) is 1. The Balaban J connectivity index is 1.86. The van der Waals surface area contributed by atoms with Gasteiger partial charge in [0.15, 0.2) is 6.61 Å². The van der Waals surface area contributed by atoms with Crippen LogP contribution in [0, 0.1) is 0 Å². The molecule has 2 rings (SSSR count). The van der Waals surface area contributed by atoms with Crippen molar-refractivity contribution in [3.8, 4) is 5.75 Å². The third-order valence-corrected chi connectivity index (χ3v) is 4.33. The van der Waals surface area contributed by atoms with Gasteiger partial charge in [0, 0.05) is 18.4 Å². The zero-order valence-corrected chi connectivity index (χ0v) is 15.2. The molecule has 5 heteroatoms. The zero-order valence-electron chi connectivity index (χ0n) is 15.2. The van der Waals surface area contributed by atoms with E-state index in [2.05, 4.69) is 31.3 Å². The van der Waals surface area contributed by atoms with Gasteiger partial charge in [-0.25, -0.2) is 0 Å². The Bertz CT molecular complexity index is 723. The smallest absolute Gasteiger partial charge is 0.303 e. The van der Waals surface area contributed by atoms with E-state index >= 15 is 0 Å². The fraction of sp³-hybridized carbons (Fsp3) is 0.333. The van der Waals surface area contributed by atoms with Crippen LogP contribution in [0.5, 0.6) is 5.75 Å². The lowest BCUT2D eigenvalue weighted by molar-refractivity contribution is -0.137. The topological polar surface area (TPSA) is 75.6 Å². The van der Waals surface area contributed by atoms with Gasteiger partial charge in [0.25, 0.3) is 5.91 Å². The van der Waals surface area contributed by atoms with E-state index in [4.69, 9.17) is 9.84 Å². The molecular formula is C21H25NO4. The van der Waals surface area contributed by atoms with Crippen molar-refractivity contribution in [1.29, 1.82) is 0 Å². The Kier molecular flexibility index (Phi) is 6.78. The molecule has 0 aliphatic carbocycles. The number of carboxylic acids is 1. The number of benzene rings is 2. The lowest BCUT2D eigenvalue weighted by atomic mass is 9.78. The quantitative estimate of drug-likeness (QED) is 0.676. The van der Waals surface area contributed by atoms with Crippen molar-refractivity contribution in [3.05, 3.63) is 65.7 Å². The SMILES string of the molecule is CC(C)(c1ccccc1)c1ccc(OCC(=O)NCCCC(=O)O)cc1. The second-order valence-electron chi connectivity index (χ2n) is 6.65. The number of hydrogen-bond acceptors (Lipinski definition) is 3. The lowest BCUT2D eigenvalue weighted by Crippen LogP contribution is -2.30. The Morgan fingerprint density at radius 3 is 2.23 bits per heavy atom. The third-order valence-electron chi connectivity index (χ3n) is 4.33. The molecule has 138 valence electrons. The average molecular weight is 355 g/mol. The van der Waals surface area contributed by atoms with Crippen LogP contribution in [-0.2, 0) is 15.0 Å². The highest BCUT2D eigenvalue weighted by atomic mass is 16.5. The van der Waals surface area contributed by atoms with Crippen molar-refractivity contribution in [3.63, 3.8) is 0 Å². The van der Waals surface area contributed by atoms with Crippen molar-refractivity contribution < 1.29 is 19.4 Å². The molecule has 0 saturated heterocycles. The minimum Gasteiger partial charge on any atom is -0.484 e. The Labute approximate surface area is 154 Å². The summed E-state index contributed by atoms with van der Waals surface area (Å²) >= 11 is 0. The summed E-state index contributed by atoms with van der Waals surface area (Å²) in [6.07, 6.45) is 0.449. The molecule has 2 aromatic carbocycles. The van der Waals surface area contributed by atoms with Crippen LogP contribution in [0.4, 0.5) is 0 Å². The Morgan fingerprint density at radius 1 is 1.00 bits per heavy atom. The molecule has 0 spiro atoms. The maximum atomic E-state index is 11.7. The van der Waals surface area contributed by atoms with E-state index in [1.54, 1.807) is 0 Å². The number of carbonyl (C=O) groups is 2. The van der Waals surface area contributed by atoms with Gasteiger partial charge >= 0.3 is 5.97 Å². The van der Waals surface area contributed by atoms with Gasteiger partial charge in [0.05, 0.1) is 0 Å². The van der Waals surface area contributed by atoms with Crippen LogP contribution < -0.4 is 10.1 Å². The summed E-state index contributed by atoms with van der Waals surface area (Å²) in [4.78, 5) is 22.1. The molecule has 5 nitrogen and oxygen atoms in total. The third kappa shape index (κ3) is 5.62. The molecule has 0 aliphatic rings. The van der Waals surface area contributed by atoms with Crippen LogP contribution in [0.3, 0.4) is 0 Å². The molecule has 0 unspecified atom stereocenters. The fourth-order valence-electron chi connectivity index (χ4n) is 2.66. The van der Waals surface area contributed by atoms with E-state index in [9.17, 15) is 9.59 Å². The summed E-state index contributed by atoms with van der Waals surface area (Å²) in [5, 5.41) is 11.2. The molecule has 0 saturated carbocycles. The maximum Gasteiger partial charge on any atom is 0.303 e. The molecule has 1 amide bonds. The fourth-order valence-corrected chi connectivity index (χ4v) is 2.66. The van der Waals surface area contributed by atoms with Gasteiger partial charge in [-0.05, 0) is 29.7 Å². The highest BCUT2D eigenvalue weighted by Gasteiger charge is 2.22. The summed E-state index contributed by atoms with van der Waals surface area (Å²) in [7, 11) is 0. The van der Waals surface area contributed by atoms with E-state index < -0.39 is 5.97 Å². The van der Waals surface area contributed by atoms with E-state index in [0.717, 1.165) is 5.56 Å². The van der Waals surface area contributed by atoms with Gasteiger partial charge in [-0.3, -0.25) is 9.59 Å². The summed E-state index contributed by atoms with van der Waals surface area (Å²) in [6.45, 7) is 4.58. The molecule has 26 heavy (non-hydrogen) atoms. The second-order valence-corrected chi connectivity index (χ2v) is 6.65. The molecule has 0 bridgehead atoms. The largest absolute Gasteiger partial charge is 0.484 e. The number of aliphatic carboxylic acids is 1. The molecule has 0 fully saturated rings. The van der Waals surface area contributed by atoms with Crippen LogP contribution in [0.25, 0.3) is 0 Å². The summed E-state index contributed by atoms with van der Waals surface area (Å²) in [5.74, 6) is -0.503. The Hall–Kier alpha value is -2.82. The number of ether oxygens (including phenoxy) is 1. The molecular weight excluding hydrogens is 330 g/mol. The monoisotopic (exact) mass is 355 g/mol. The first-order valence-electron chi connectivity index (χ1n) is 8.67. The number of rotatable bonds is 9. The minimum absolute atomic E-state index is 0.0415. The van der Waals surface area contributed by atoms with Crippen molar-refractivity contribution in [2.45, 2.75) is 32.1 Å². The number of carbonyl (C=O) groups excluding carboxylic acids is 1. The van der Waals surface area contributed by atoms with Crippen LogP contribution in [0.2, 0.25) is 0 Å². The van der Waals surface area contributed by atoms with E-state index in [0.29, 0.717) is 18.7 Å². The van der Waals surface area contributed by atoms with Crippen LogP contribution in [-0.4, -0.2) is 30.1 Å². The van der Waals surface area contributed by atoms with E-state index in [1.165, 1.54) is 5.56 Å². The van der Waals surface area contributed by atoms with Gasteiger partial charge < -0.3 is 15.2 Å². The molecule has 0 radical (unpaired) electrons. The molecule has 0 atom stereocenters. The predicted octanol–water partition coefficient (Wildman–Crippen LogP) is 3.37. The molecule has 0 aromatic heterocycles. The van der Waals surface area contributed by atoms with Gasteiger partial charge in [0.2, 0.25) is 0 Å². The molecule has 2 N–H and O–H groups in total. The van der Waals surface area contributed by atoms with Gasteiger partial charge in [0.1, 0.15) is 5.75 Å². The van der Waals surface area contributed by atoms with Gasteiger partial charge in [-0.2, -0.15) is 0 Å². The lowest BCUT2D eigenvalue weighted by Gasteiger charge is -2.26. The van der Waals surface area contributed by atoms with Gasteiger partial charge in [-0.1, -0.05) is 56.3 Å². The standard InChI is InChI=1S/C21H25NO4/c1-21(2,16-7-4-3-5-8-16)17-10-12-18(13-11-17)26-15-19(23)22-14-6-9-20(24)25/h3-5,7-8,10-13H,6,9,14-15H2,1-2H3,(H,22,23)(H,24,25). The first-order chi connectivity index (χ1) is 12.4. The Morgan fingerprint density at radius 2 is 1.62 bits per heavy atom. The molecule has 0 heterocycles. The molecule has 0 aliphatic heterocycles.